The molecule has 0 amide bonds. The van der Waals surface area contributed by atoms with Gasteiger partial charge >= 0.3 is 0 Å². The molecule has 2 aromatic heterocycles. The van der Waals surface area contributed by atoms with Crippen molar-refractivity contribution < 1.29 is 27.0 Å². The van der Waals surface area contributed by atoms with E-state index in [-0.39, 0.29) is 46.0 Å². The van der Waals surface area contributed by atoms with Crippen LogP contribution in [0.15, 0.2) is 41.8 Å². The number of hydrogen-bond donors (Lipinski definition) is 1. The molecule has 1 N–H and O–H groups in total. The fourth-order valence-corrected chi connectivity index (χ4v) is 5.24. The Kier molecular flexibility index (Phi) is 6.82. The molecule has 0 radical (unpaired) electrons. The van der Waals surface area contributed by atoms with Gasteiger partial charge in [0.25, 0.3) is 5.88 Å². The van der Waals surface area contributed by atoms with Gasteiger partial charge in [0, 0.05) is 43.6 Å². The first kappa shape index (κ1) is 25.1. The van der Waals surface area contributed by atoms with Crippen molar-refractivity contribution in [1.29, 1.82) is 0 Å². The van der Waals surface area contributed by atoms with E-state index in [0.717, 1.165) is 17.9 Å². The van der Waals surface area contributed by atoms with Gasteiger partial charge in [0.1, 0.15) is 18.2 Å². The van der Waals surface area contributed by atoms with Crippen LogP contribution in [-0.4, -0.2) is 74.1 Å². The Morgan fingerprint density at radius 1 is 1.11 bits per heavy atom. The normalized spacial score (nSPS) is 21.4. The van der Waals surface area contributed by atoms with Gasteiger partial charge in [-0.25, -0.2) is 27.8 Å². The van der Waals surface area contributed by atoms with Crippen LogP contribution in [0.25, 0.3) is 0 Å². The summed E-state index contributed by atoms with van der Waals surface area (Å²) in [5, 5.41) is 2.86. The molecule has 2 bridgehead atoms. The summed E-state index contributed by atoms with van der Waals surface area (Å²) in [6.07, 6.45) is 5.72. The lowest BCUT2D eigenvalue weighted by Crippen LogP contribution is -2.58. The second kappa shape index (κ2) is 10.1. The van der Waals surface area contributed by atoms with Crippen LogP contribution in [0.2, 0.25) is 0 Å². The van der Waals surface area contributed by atoms with Gasteiger partial charge in [-0.05, 0) is 30.7 Å². The van der Waals surface area contributed by atoms with Crippen LogP contribution >= 0.6 is 0 Å². The summed E-state index contributed by atoms with van der Waals surface area (Å²) >= 11 is 0. The highest BCUT2D eigenvalue weighted by molar-refractivity contribution is 7.90. The number of benzene rings is 1. The standard InChI is InChI=1S/C24H27FN6O5S/c1-14-7-26-24(27-8-14)31-9-15-11-35-12-16(10-31)20(15)36-23-21(34-2)22(28-13-29-23)30-19-5-4-17(6-18(19)25)37(3,32)33/h4-8,13,15-16,20H,9-12H2,1-3H3,(H,28,29,30). The topological polar surface area (TPSA) is 129 Å². The maximum absolute atomic E-state index is 14.7. The average molecular weight is 531 g/mol. The van der Waals surface area contributed by atoms with Crippen molar-refractivity contribution in [2.75, 3.05) is 49.9 Å². The third-order valence-electron chi connectivity index (χ3n) is 6.40. The molecule has 2 saturated heterocycles. The highest BCUT2D eigenvalue weighted by Crippen LogP contribution is 2.38. The van der Waals surface area contributed by atoms with Gasteiger partial charge in [-0.15, -0.1) is 0 Å². The zero-order valence-electron chi connectivity index (χ0n) is 20.6. The molecule has 3 aromatic rings. The smallest absolute Gasteiger partial charge is 0.262 e. The second-order valence-electron chi connectivity index (χ2n) is 9.20. The summed E-state index contributed by atoms with van der Waals surface area (Å²) in [6.45, 7) is 4.28. The summed E-state index contributed by atoms with van der Waals surface area (Å²) in [5.74, 6) is 0.612. The second-order valence-corrected chi connectivity index (χ2v) is 11.2. The number of aromatic nitrogens is 4. The number of nitrogens with zero attached hydrogens (tertiary/aromatic N) is 5. The zero-order valence-corrected chi connectivity index (χ0v) is 21.4. The Hall–Kier alpha value is -3.58. The summed E-state index contributed by atoms with van der Waals surface area (Å²) in [7, 11) is -2.10. The fraction of sp³-hybridized carbons (Fsp3) is 0.417. The Bertz CT molecular complexity index is 1380. The molecule has 196 valence electrons. The third kappa shape index (κ3) is 5.27. The number of sulfone groups is 1. The molecule has 0 aliphatic carbocycles. The van der Waals surface area contributed by atoms with Crippen molar-refractivity contribution in [2.24, 2.45) is 11.8 Å². The SMILES string of the molecule is COc1c(Nc2ccc(S(C)(=O)=O)cc2F)ncnc1OC1C2COCC1CN(c1ncc(C)cn1)C2. The molecule has 11 nitrogen and oxygen atoms in total. The number of piperidine rings is 1. The predicted octanol–water partition coefficient (Wildman–Crippen LogP) is 2.40. The van der Waals surface area contributed by atoms with Crippen LogP contribution in [0.4, 0.5) is 21.8 Å². The van der Waals surface area contributed by atoms with Crippen molar-refractivity contribution in [2.45, 2.75) is 17.9 Å². The molecule has 2 unspecified atom stereocenters. The Labute approximate surface area is 214 Å². The van der Waals surface area contributed by atoms with Gasteiger partial charge in [-0.3, -0.25) is 0 Å². The van der Waals surface area contributed by atoms with Crippen LogP contribution in [-0.2, 0) is 14.6 Å². The van der Waals surface area contributed by atoms with Crippen molar-refractivity contribution in [3.8, 4) is 11.6 Å². The Morgan fingerprint density at radius 3 is 2.43 bits per heavy atom. The van der Waals surface area contributed by atoms with E-state index in [0.29, 0.717) is 32.3 Å². The van der Waals surface area contributed by atoms with Crippen LogP contribution in [0.1, 0.15) is 5.56 Å². The van der Waals surface area contributed by atoms with E-state index in [1.165, 1.54) is 25.6 Å². The number of anilines is 3. The number of fused-ring (bicyclic) bond motifs is 2. The molecular weight excluding hydrogens is 503 g/mol. The molecule has 2 fully saturated rings. The Morgan fingerprint density at radius 2 is 1.81 bits per heavy atom. The number of hydrogen-bond acceptors (Lipinski definition) is 11. The zero-order chi connectivity index (χ0) is 26.2. The number of rotatable bonds is 7. The minimum atomic E-state index is -3.54. The molecule has 4 heterocycles. The quantitative estimate of drug-likeness (QED) is 0.483. The lowest BCUT2D eigenvalue weighted by atomic mass is 9.84. The summed E-state index contributed by atoms with van der Waals surface area (Å²) < 4.78 is 55.8. The Balaban J connectivity index is 1.36. The summed E-state index contributed by atoms with van der Waals surface area (Å²) in [4.78, 5) is 19.4. The van der Waals surface area contributed by atoms with Crippen LogP contribution < -0.4 is 19.7 Å². The average Bonchev–Trinajstić information content (AvgIpc) is 2.85. The number of nitrogens with one attached hydrogen (secondary N) is 1. The van der Waals surface area contributed by atoms with E-state index in [4.69, 9.17) is 14.2 Å². The minimum Gasteiger partial charge on any atom is -0.489 e. The van der Waals surface area contributed by atoms with Crippen molar-refractivity contribution in [3.63, 3.8) is 0 Å². The molecule has 37 heavy (non-hydrogen) atoms. The highest BCUT2D eigenvalue weighted by Gasteiger charge is 2.43. The van der Waals surface area contributed by atoms with E-state index in [2.05, 4.69) is 30.2 Å². The van der Waals surface area contributed by atoms with Gasteiger partial charge in [0.2, 0.25) is 11.7 Å². The largest absolute Gasteiger partial charge is 0.489 e. The van der Waals surface area contributed by atoms with Crippen LogP contribution in [0.5, 0.6) is 11.6 Å². The molecule has 2 aliphatic rings. The maximum atomic E-state index is 14.7. The third-order valence-corrected chi connectivity index (χ3v) is 7.51. The molecular formula is C24H27FN6O5S. The van der Waals surface area contributed by atoms with Crippen molar-refractivity contribution in [1.82, 2.24) is 19.9 Å². The van der Waals surface area contributed by atoms with Gasteiger partial charge in [-0.1, -0.05) is 0 Å². The van der Waals surface area contributed by atoms with Gasteiger partial charge in [-0.2, -0.15) is 4.98 Å². The van der Waals surface area contributed by atoms with E-state index >= 15 is 0 Å². The van der Waals surface area contributed by atoms with Gasteiger partial charge < -0.3 is 24.4 Å². The predicted molar refractivity (Wildman–Crippen MR) is 133 cm³/mol. The van der Waals surface area contributed by atoms with E-state index < -0.39 is 15.7 Å². The first-order valence-electron chi connectivity index (χ1n) is 11.7. The number of methoxy groups -OCH3 is 1. The molecule has 2 aliphatic heterocycles. The van der Waals surface area contributed by atoms with Gasteiger partial charge in [0.15, 0.2) is 15.7 Å². The summed E-state index contributed by atoms with van der Waals surface area (Å²) in [6, 6.07) is 3.60. The van der Waals surface area contributed by atoms with Crippen molar-refractivity contribution >= 4 is 27.3 Å². The fourth-order valence-electron chi connectivity index (χ4n) is 4.60. The van der Waals surface area contributed by atoms with Crippen LogP contribution in [0, 0.1) is 24.6 Å². The molecule has 0 spiro atoms. The molecule has 0 saturated carbocycles. The lowest BCUT2D eigenvalue weighted by Gasteiger charge is -2.46. The van der Waals surface area contributed by atoms with E-state index in [9.17, 15) is 12.8 Å². The number of ether oxygens (including phenoxy) is 3. The molecule has 5 rings (SSSR count). The van der Waals surface area contributed by atoms with Gasteiger partial charge in [0.05, 0.1) is 30.9 Å². The first-order valence-corrected chi connectivity index (χ1v) is 13.6. The molecule has 13 heteroatoms. The highest BCUT2D eigenvalue weighted by atomic mass is 32.2. The van der Waals surface area contributed by atoms with E-state index in [1.807, 2.05) is 6.92 Å². The number of aryl methyl sites for hydroxylation is 1. The van der Waals surface area contributed by atoms with Crippen LogP contribution in [0.3, 0.4) is 0 Å². The maximum Gasteiger partial charge on any atom is 0.262 e. The molecule has 1 aromatic carbocycles. The van der Waals surface area contributed by atoms with Crippen molar-refractivity contribution in [3.05, 3.63) is 48.3 Å². The number of halogens is 1. The lowest BCUT2D eigenvalue weighted by molar-refractivity contribution is -0.0776. The van der Waals surface area contributed by atoms with E-state index in [1.54, 1.807) is 12.4 Å². The first-order chi connectivity index (χ1) is 17.7. The minimum absolute atomic E-state index is 0.0343. The summed E-state index contributed by atoms with van der Waals surface area (Å²) in [5.41, 5.74) is 1.03. The monoisotopic (exact) mass is 530 g/mol. The molecule has 2 atom stereocenters.